The fourth-order valence-electron chi connectivity index (χ4n) is 3.22. The molecule has 2 N–H and O–H groups in total. The highest BCUT2D eigenvalue weighted by molar-refractivity contribution is 6.01. The van der Waals surface area contributed by atoms with Gasteiger partial charge in [-0.1, -0.05) is 54.6 Å². The minimum atomic E-state index is -0.229. The molecule has 5 nitrogen and oxygen atoms in total. The van der Waals surface area contributed by atoms with E-state index in [0.717, 1.165) is 27.6 Å². The van der Waals surface area contributed by atoms with E-state index >= 15 is 0 Å². The van der Waals surface area contributed by atoms with Gasteiger partial charge in [0.1, 0.15) is 6.61 Å². The maximum Gasteiger partial charge on any atom is 0.251 e. The molecule has 0 aliphatic carbocycles. The molecular weight excluding hydrogens is 362 g/mol. The van der Waals surface area contributed by atoms with Crippen molar-refractivity contribution < 1.29 is 9.53 Å². The Morgan fingerprint density at radius 3 is 2.52 bits per heavy atom. The predicted octanol–water partition coefficient (Wildman–Crippen LogP) is 5.00. The minimum absolute atomic E-state index is 0.0238. The van der Waals surface area contributed by atoms with E-state index in [0.29, 0.717) is 12.4 Å². The number of nitrogens with one attached hydrogen (secondary N) is 2. The van der Waals surface area contributed by atoms with Crippen LogP contribution in [0.4, 0.5) is 5.82 Å². The van der Waals surface area contributed by atoms with Gasteiger partial charge in [-0.15, -0.1) is 0 Å². The maximum absolute atomic E-state index is 12.2. The van der Waals surface area contributed by atoms with Crippen molar-refractivity contribution in [1.82, 2.24) is 10.2 Å². The van der Waals surface area contributed by atoms with Crippen LogP contribution in [0.1, 0.15) is 16.7 Å². The van der Waals surface area contributed by atoms with Gasteiger partial charge in [-0.3, -0.25) is 9.89 Å². The van der Waals surface area contributed by atoms with Gasteiger partial charge in [-0.05, 0) is 53.8 Å². The number of hydrogen-bond acceptors (Lipinski definition) is 3. The van der Waals surface area contributed by atoms with E-state index in [2.05, 4.69) is 47.6 Å². The minimum Gasteiger partial charge on any atom is -0.367 e. The van der Waals surface area contributed by atoms with Crippen LogP contribution < -0.4 is 5.32 Å². The second-order valence-corrected chi connectivity index (χ2v) is 7.16. The Hall–Kier alpha value is -3.44. The summed E-state index contributed by atoms with van der Waals surface area (Å²) in [5.74, 6) is 0.285. The number of nitrogens with zero attached hydrogens (tertiary/aromatic N) is 1. The summed E-state index contributed by atoms with van der Waals surface area (Å²) < 4.78 is 5.49. The highest BCUT2D eigenvalue weighted by atomic mass is 16.5. The van der Waals surface area contributed by atoms with Crippen LogP contribution in [0.2, 0.25) is 0 Å². The number of rotatable bonds is 6. The third-order valence-corrected chi connectivity index (χ3v) is 5.01. The molecule has 0 fully saturated rings. The van der Waals surface area contributed by atoms with Crippen molar-refractivity contribution >= 4 is 22.6 Å². The number of hydrogen-bond donors (Lipinski definition) is 2. The molecule has 0 unspecified atom stereocenters. The summed E-state index contributed by atoms with van der Waals surface area (Å²) in [7, 11) is 0. The highest BCUT2D eigenvalue weighted by Crippen LogP contribution is 2.28. The van der Waals surface area contributed by atoms with Crippen LogP contribution in [0.15, 0.2) is 66.7 Å². The summed E-state index contributed by atoms with van der Waals surface area (Å²) >= 11 is 0. The van der Waals surface area contributed by atoms with Crippen molar-refractivity contribution in [3.05, 3.63) is 83.4 Å². The molecule has 1 amide bonds. The summed E-state index contributed by atoms with van der Waals surface area (Å²) in [6.45, 7) is 4.59. The van der Waals surface area contributed by atoms with Crippen LogP contribution in [0.25, 0.3) is 22.0 Å². The molecule has 0 bridgehead atoms. The number of carbonyl (C=O) groups is 1. The molecule has 1 heterocycles. The largest absolute Gasteiger partial charge is 0.367 e. The van der Waals surface area contributed by atoms with Gasteiger partial charge in [0, 0.05) is 5.39 Å². The number of H-pyrrole nitrogens is 1. The van der Waals surface area contributed by atoms with Gasteiger partial charge in [0.25, 0.3) is 5.91 Å². The second-order valence-electron chi connectivity index (χ2n) is 7.16. The van der Waals surface area contributed by atoms with Crippen LogP contribution in [0.3, 0.4) is 0 Å². The van der Waals surface area contributed by atoms with E-state index < -0.39 is 0 Å². The average molecular weight is 385 g/mol. The standard InChI is InChI=1S/C24H23N3O2/c1-16-8-9-19(12-17(16)2)20-10-11-21-22(13-20)26-27-24(21)25-23(28)15-29-14-18-6-4-3-5-7-18/h3-13H,14-15H2,1-2H3,(H2,25,26,27,28). The van der Waals surface area contributed by atoms with Gasteiger partial charge in [-0.25, -0.2) is 0 Å². The van der Waals surface area contributed by atoms with Crippen molar-refractivity contribution in [2.24, 2.45) is 0 Å². The summed E-state index contributed by atoms with van der Waals surface area (Å²) in [4.78, 5) is 12.2. The molecule has 5 heteroatoms. The third kappa shape index (κ3) is 4.36. The van der Waals surface area contributed by atoms with Gasteiger partial charge in [0.05, 0.1) is 12.1 Å². The summed E-state index contributed by atoms with van der Waals surface area (Å²) in [6.07, 6.45) is 0. The summed E-state index contributed by atoms with van der Waals surface area (Å²) in [5, 5.41) is 11.0. The van der Waals surface area contributed by atoms with Crippen LogP contribution in [-0.2, 0) is 16.1 Å². The van der Waals surface area contributed by atoms with Gasteiger partial charge < -0.3 is 10.1 Å². The first kappa shape index (κ1) is 18.9. The zero-order valence-corrected chi connectivity index (χ0v) is 16.5. The van der Waals surface area contributed by atoms with Crippen molar-refractivity contribution in [1.29, 1.82) is 0 Å². The fraction of sp³-hybridized carbons (Fsp3) is 0.167. The first-order chi connectivity index (χ1) is 14.1. The molecular formula is C24H23N3O2. The molecule has 0 spiro atoms. The normalized spacial score (nSPS) is 11.0. The number of aromatic amines is 1. The molecule has 146 valence electrons. The van der Waals surface area contributed by atoms with E-state index in [9.17, 15) is 4.79 Å². The molecule has 0 aliphatic rings. The Morgan fingerprint density at radius 2 is 1.72 bits per heavy atom. The van der Waals surface area contributed by atoms with Crippen LogP contribution >= 0.6 is 0 Å². The fourth-order valence-corrected chi connectivity index (χ4v) is 3.22. The Balaban J connectivity index is 1.43. The quantitative estimate of drug-likeness (QED) is 0.491. The topological polar surface area (TPSA) is 67.0 Å². The number of anilines is 1. The molecule has 0 atom stereocenters. The highest BCUT2D eigenvalue weighted by Gasteiger charge is 2.11. The number of aromatic nitrogens is 2. The van der Waals surface area contributed by atoms with Crippen molar-refractivity contribution in [2.45, 2.75) is 20.5 Å². The summed E-state index contributed by atoms with van der Waals surface area (Å²) in [6, 6.07) is 22.3. The van der Waals surface area contributed by atoms with Gasteiger partial charge >= 0.3 is 0 Å². The van der Waals surface area contributed by atoms with Crippen molar-refractivity contribution in [3.63, 3.8) is 0 Å². The molecule has 4 rings (SSSR count). The average Bonchev–Trinajstić information content (AvgIpc) is 3.13. The lowest BCUT2D eigenvalue weighted by molar-refractivity contribution is -0.121. The van der Waals surface area contributed by atoms with Gasteiger partial charge in [0.15, 0.2) is 5.82 Å². The molecule has 3 aromatic carbocycles. The molecule has 0 saturated carbocycles. The van der Waals surface area contributed by atoms with E-state index in [4.69, 9.17) is 4.74 Å². The Kier molecular flexibility index (Phi) is 5.40. The van der Waals surface area contributed by atoms with E-state index in [-0.39, 0.29) is 12.5 Å². The number of fused-ring (bicyclic) bond motifs is 1. The van der Waals surface area contributed by atoms with Crippen LogP contribution in [-0.4, -0.2) is 22.7 Å². The Bertz CT molecular complexity index is 1150. The number of carbonyl (C=O) groups excluding carboxylic acids is 1. The molecule has 4 aromatic rings. The lowest BCUT2D eigenvalue weighted by Gasteiger charge is -2.07. The molecule has 1 aromatic heterocycles. The predicted molar refractivity (Wildman–Crippen MR) is 116 cm³/mol. The second kappa shape index (κ2) is 8.29. The molecule has 0 radical (unpaired) electrons. The number of benzene rings is 3. The third-order valence-electron chi connectivity index (χ3n) is 5.01. The Morgan fingerprint density at radius 1 is 0.966 bits per heavy atom. The molecule has 0 aliphatic heterocycles. The smallest absolute Gasteiger partial charge is 0.251 e. The van der Waals surface area contributed by atoms with Gasteiger partial charge in [0.2, 0.25) is 0 Å². The maximum atomic E-state index is 12.2. The van der Waals surface area contributed by atoms with Crippen molar-refractivity contribution in [3.8, 4) is 11.1 Å². The molecule has 0 saturated heterocycles. The molecule has 29 heavy (non-hydrogen) atoms. The van der Waals surface area contributed by atoms with E-state index in [1.165, 1.54) is 11.1 Å². The van der Waals surface area contributed by atoms with Crippen molar-refractivity contribution in [2.75, 3.05) is 11.9 Å². The van der Waals surface area contributed by atoms with Gasteiger partial charge in [-0.2, -0.15) is 5.10 Å². The lowest BCUT2D eigenvalue weighted by Crippen LogP contribution is -2.18. The SMILES string of the molecule is Cc1ccc(-c2ccc3c(NC(=O)COCc4ccccc4)n[nH]c3c2)cc1C. The van der Waals surface area contributed by atoms with Crippen LogP contribution in [0.5, 0.6) is 0 Å². The Labute approximate surface area is 169 Å². The number of amides is 1. The summed E-state index contributed by atoms with van der Waals surface area (Å²) in [5.41, 5.74) is 6.70. The number of aryl methyl sites for hydroxylation is 2. The first-order valence-corrected chi connectivity index (χ1v) is 9.57. The van der Waals surface area contributed by atoms with Crippen LogP contribution in [0, 0.1) is 13.8 Å². The van der Waals surface area contributed by atoms with E-state index in [1.807, 2.05) is 48.5 Å². The lowest BCUT2D eigenvalue weighted by atomic mass is 10.00. The zero-order chi connectivity index (χ0) is 20.2. The number of ether oxygens (including phenoxy) is 1. The first-order valence-electron chi connectivity index (χ1n) is 9.57. The monoisotopic (exact) mass is 385 g/mol. The van der Waals surface area contributed by atoms with E-state index in [1.54, 1.807) is 0 Å². The zero-order valence-electron chi connectivity index (χ0n) is 16.5.